The van der Waals surface area contributed by atoms with Gasteiger partial charge < -0.3 is 5.11 Å². The monoisotopic (exact) mass is 250 g/mol. The molecule has 0 amide bonds. The van der Waals surface area contributed by atoms with Crippen LogP contribution in [0.5, 0.6) is 0 Å². The summed E-state index contributed by atoms with van der Waals surface area (Å²) in [6.07, 6.45) is 3.46. The molecule has 0 aromatic rings. The smallest absolute Gasteiger partial charge is 0.279 e. The fourth-order valence-electron chi connectivity index (χ4n) is 1.77. The Balaban J connectivity index is 2.66. The zero-order chi connectivity index (χ0) is 12.2. The van der Waals surface area contributed by atoms with Crippen LogP contribution < -0.4 is 4.72 Å². The Morgan fingerprint density at radius 1 is 1.44 bits per heavy atom. The van der Waals surface area contributed by atoms with Crippen molar-refractivity contribution >= 4 is 10.2 Å². The van der Waals surface area contributed by atoms with Gasteiger partial charge in [0.2, 0.25) is 0 Å². The third-order valence-corrected chi connectivity index (χ3v) is 4.58. The predicted octanol–water partition coefficient (Wildman–Crippen LogP) is 0.466. The van der Waals surface area contributed by atoms with Crippen LogP contribution in [0.15, 0.2) is 0 Å². The van der Waals surface area contributed by atoms with Crippen LogP contribution in [0.3, 0.4) is 0 Å². The molecule has 5 nitrogen and oxygen atoms in total. The van der Waals surface area contributed by atoms with Crippen molar-refractivity contribution in [2.75, 3.05) is 13.2 Å². The molecule has 1 aliphatic carbocycles. The van der Waals surface area contributed by atoms with Crippen LogP contribution in [0.4, 0.5) is 0 Å². The zero-order valence-corrected chi connectivity index (χ0v) is 10.8. The highest BCUT2D eigenvalue weighted by atomic mass is 32.2. The van der Waals surface area contributed by atoms with Crippen LogP contribution in [0.1, 0.15) is 39.5 Å². The third kappa shape index (κ3) is 3.69. The molecule has 1 rings (SSSR count). The molecule has 1 aliphatic rings. The van der Waals surface area contributed by atoms with E-state index in [4.69, 9.17) is 5.11 Å². The maximum Gasteiger partial charge on any atom is 0.279 e. The van der Waals surface area contributed by atoms with E-state index in [0.717, 1.165) is 19.3 Å². The summed E-state index contributed by atoms with van der Waals surface area (Å²) in [5, 5.41) is 8.79. The van der Waals surface area contributed by atoms with Crippen LogP contribution in [-0.2, 0) is 10.2 Å². The van der Waals surface area contributed by atoms with Crippen molar-refractivity contribution < 1.29 is 13.5 Å². The van der Waals surface area contributed by atoms with E-state index in [9.17, 15) is 8.42 Å². The van der Waals surface area contributed by atoms with Crippen LogP contribution >= 0.6 is 0 Å². The average Bonchev–Trinajstić information content (AvgIpc) is 2.06. The van der Waals surface area contributed by atoms with Crippen LogP contribution in [0, 0.1) is 0 Å². The molecule has 0 aromatic carbocycles. The van der Waals surface area contributed by atoms with E-state index < -0.39 is 10.2 Å². The maximum absolute atomic E-state index is 12.0. The first-order valence-electron chi connectivity index (χ1n) is 5.87. The Morgan fingerprint density at radius 3 is 2.44 bits per heavy atom. The fourth-order valence-corrected chi connectivity index (χ4v) is 3.47. The Labute approximate surface area is 98.0 Å². The summed E-state index contributed by atoms with van der Waals surface area (Å²) in [5.74, 6) is 0. The zero-order valence-electron chi connectivity index (χ0n) is 10.0. The molecule has 0 aliphatic heterocycles. The molecule has 96 valence electrons. The van der Waals surface area contributed by atoms with Gasteiger partial charge in [0.05, 0.1) is 0 Å². The lowest BCUT2D eigenvalue weighted by molar-refractivity contribution is 0.196. The summed E-state index contributed by atoms with van der Waals surface area (Å²) in [4.78, 5) is 0. The molecule has 0 aromatic heterocycles. The van der Waals surface area contributed by atoms with Gasteiger partial charge in [-0.25, -0.2) is 0 Å². The van der Waals surface area contributed by atoms with Crippen molar-refractivity contribution in [1.29, 1.82) is 0 Å². The van der Waals surface area contributed by atoms with Crippen LogP contribution in [0.25, 0.3) is 0 Å². The highest BCUT2D eigenvalue weighted by Crippen LogP contribution is 2.26. The average molecular weight is 250 g/mol. The first kappa shape index (κ1) is 13.9. The second-order valence-corrected chi connectivity index (χ2v) is 6.21. The molecule has 2 N–H and O–H groups in total. The summed E-state index contributed by atoms with van der Waals surface area (Å²) in [6.45, 7) is 4.05. The molecule has 0 bridgehead atoms. The van der Waals surface area contributed by atoms with E-state index in [1.165, 1.54) is 4.31 Å². The quantitative estimate of drug-likeness (QED) is 0.690. The number of nitrogens with one attached hydrogen (secondary N) is 1. The summed E-state index contributed by atoms with van der Waals surface area (Å²) in [5.41, 5.74) is 0. The third-order valence-electron chi connectivity index (χ3n) is 2.71. The summed E-state index contributed by atoms with van der Waals surface area (Å²) in [7, 11) is -3.38. The van der Waals surface area contributed by atoms with E-state index in [0.29, 0.717) is 13.0 Å². The van der Waals surface area contributed by atoms with Gasteiger partial charge >= 0.3 is 0 Å². The lowest BCUT2D eigenvalue weighted by Gasteiger charge is -2.36. The maximum atomic E-state index is 12.0. The molecule has 6 heteroatoms. The second kappa shape index (κ2) is 5.95. The molecule has 0 atom stereocenters. The Kier molecular flexibility index (Phi) is 5.17. The van der Waals surface area contributed by atoms with Crippen LogP contribution in [0.2, 0.25) is 0 Å². The van der Waals surface area contributed by atoms with E-state index >= 15 is 0 Å². The van der Waals surface area contributed by atoms with Gasteiger partial charge in [-0.1, -0.05) is 6.42 Å². The van der Waals surface area contributed by atoms with Crippen molar-refractivity contribution in [3.05, 3.63) is 0 Å². The molecular formula is C10H22N2O3S. The molecule has 0 heterocycles. The number of aliphatic hydroxyl groups is 1. The van der Waals surface area contributed by atoms with E-state index in [1.807, 2.05) is 13.8 Å². The highest BCUT2D eigenvalue weighted by molar-refractivity contribution is 7.87. The lowest BCUT2D eigenvalue weighted by atomic mass is 9.93. The number of nitrogens with zero attached hydrogens (tertiary/aromatic N) is 1. The molecule has 1 saturated carbocycles. The second-order valence-electron chi connectivity index (χ2n) is 4.55. The van der Waals surface area contributed by atoms with Crippen molar-refractivity contribution in [1.82, 2.24) is 9.03 Å². The largest absolute Gasteiger partial charge is 0.396 e. The van der Waals surface area contributed by atoms with Gasteiger partial charge in [0.15, 0.2) is 0 Å². The van der Waals surface area contributed by atoms with Gasteiger partial charge in [-0.3, -0.25) is 0 Å². The van der Waals surface area contributed by atoms with Gasteiger partial charge in [0, 0.05) is 25.2 Å². The van der Waals surface area contributed by atoms with E-state index in [2.05, 4.69) is 4.72 Å². The Hall–Kier alpha value is -0.170. The number of aliphatic hydroxyl groups excluding tert-OH is 1. The number of hydrogen-bond acceptors (Lipinski definition) is 3. The first-order valence-corrected chi connectivity index (χ1v) is 7.31. The molecule has 1 fully saturated rings. The molecular weight excluding hydrogens is 228 g/mol. The molecule has 0 radical (unpaired) electrons. The van der Waals surface area contributed by atoms with Gasteiger partial charge in [0.25, 0.3) is 10.2 Å². The topological polar surface area (TPSA) is 69.6 Å². The predicted molar refractivity (Wildman–Crippen MR) is 63.2 cm³/mol. The molecule has 0 spiro atoms. The first-order chi connectivity index (χ1) is 7.47. The van der Waals surface area contributed by atoms with Gasteiger partial charge in [-0.05, 0) is 33.1 Å². The highest BCUT2D eigenvalue weighted by Gasteiger charge is 2.33. The summed E-state index contributed by atoms with van der Waals surface area (Å²) in [6, 6.07) is 0.0319. The fraction of sp³-hybridized carbons (Fsp3) is 1.00. The van der Waals surface area contributed by atoms with E-state index in [1.54, 1.807) is 0 Å². The van der Waals surface area contributed by atoms with Crippen molar-refractivity contribution in [2.24, 2.45) is 0 Å². The summed E-state index contributed by atoms with van der Waals surface area (Å²) >= 11 is 0. The minimum Gasteiger partial charge on any atom is -0.396 e. The molecule has 0 unspecified atom stereocenters. The number of hydrogen-bond donors (Lipinski definition) is 2. The standard InChI is InChI=1S/C10H22N2O3S/c1-9(2)11-16(14,15)12(7-4-8-13)10-5-3-6-10/h9-11,13H,3-8H2,1-2H3. The van der Waals surface area contributed by atoms with Crippen molar-refractivity contribution in [3.8, 4) is 0 Å². The normalized spacial score (nSPS) is 18.1. The lowest BCUT2D eigenvalue weighted by Crippen LogP contribution is -2.51. The molecule has 16 heavy (non-hydrogen) atoms. The van der Waals surface area contributed by atoms with Gasteiger partial charge in [-0.2, -0.15) is 17.4 Å². The Morgan fingerprint density at radius 2 is 2.06 bits per heavy atom. The van der Waals surface area contributed by atoms with Crippen LogP contribution in [-0.4, -0.2) is 43.1 Å². The Bertz CT molecular complexity index is 299. The molecule has 0 saturated heterocycles. The van der Waals surface area contributed by atoms with E-state index in [-0.39, 0.29) is 18.7 Å². The number of rotatable bonds is 7. The van der Waals surface area contributed by atoms with Gasteiger partial charge in [-0.15, -0.1) is 0 Å². The minimum absolute atomic E-state index is 0.0282. The van der Waals surface area contributed by atoms with Crippen molar-refractivity contribution in [2.45, 2.75) is 51.6 Å². The summed E-state index contributed by atoms with van der Waals surface area (Å²) < 4.78 is 28.1. The van der Waals surface area contributed by atoms with Crippen molar-refractivity contribution in [3.63, 3.8) is 0 Å². The SMILES string of the molecule is CC(C)NS(=O)(=O)N(CCCO)C1CCC1. The minimum atomic E-state index is -3.38. The van der Waals surface area contributed by atoms with Gasteiger partial charge in [0.1, 0.15) is 0 Å².